The Labute approximate surface area is 118 Å². The minimum absolute atomic E-state index is 0.145. The monoisotopic (exact) mass is 275 g/mol. The van der Waals surface area contributed by atoms with Crippen LogP contribution in [-0.4, -0.2) is 0 Å². The van der Waals surface area contributed by atoms with Gasteiger partial charge < -0.3 is 5.73 Å². The third-order valence-corrected chi connectivity index (χ3v) is 3.83. The van der Waals surface area contributed by atoms with Gasteiger partial charge in [0.15, 0.2) is 0 Å². The first-order valence-electron chi connectivity index (χ1n) is 6.19. The van der Waals surface area contributed by atoms with Crippen LogP contribution in [0.2, 0.25) is 0 Å². The van der Waals surface area contributed by atoms with Crippen molar-refractivity contribution in [1.29, 1.82) is 0 Å². The quantitative estimate of drug-likeness (QED) is 0.792. The predicted octanol–water partition coefficient (Wildman–Crippen LogP) is 4.86. The van der Waals surface area contributed by atoms with Crippen molar-refractivity contribution in [2.75, 3.05) is 5.73 Å². The first-order chi connectivity index (χ1) is 8.84. The lowest BCUT2D eigenvalue weighted by Crippen LogP contribution is -2.10. The molecule has 0 saturated heterocycles. The number of nitrogens with two attached hydrogens (primary N) is 1. The van der Waals surface area contributed by atoms with Crippen molar-refractivity contribution < 1.29 is 4.39 Å². The largest absolute Gasteiger partial charge is 0.399 e. The van der Waals surface area contributed by atoms with Crippen LogP contribution in [-0.2, 0) is 5.41 Å². The second-order valence-electron chi connectivity index (χ2n) is 5.60. The van der Waals surface area contributed by atoms with Crippen LogP contribution >= 0.6 is 11.8 Å². The highest BCUT2D eigenvalue weighted by molar-refractivity contribution is 7.99. The summed E-state index contributed by atoms with van der Waals surface area (Å²) in [6, 6.07) is 13.0. The molecule has 0 saturated carbocycles. The number of nitrogen functional groups attached to an aromatic ring is 1. The van der Waals surface area contributed by atoms with Gasteiger partial charge in [0.25, 0.3) is 0 Å². The zero-order valence-corrected chi connectivity index (χ0v) is 12.2. The Morgan fingerprint density at radius 2 is 1.58 bits per heavy atom. The van der Waals surface area contributed by atoms with Crippen molar-refractivity contribution in [2.45, 2.75) is 36.0 Å². The van der Waals surface area contributed by atoms with Gasteiger partial charge in [-0.1, -0.05) is 44.7 Å². The zero-order chi connectivity index (χ0) is 14.0. The molecule has 1 nitrogen and oxygen atoms in total. The number of rotatable bonds is 2. The third-order valence-electron chi connectivity index (χ3n) is 2.85. The van der Waals surface area contributed by atoms with Gasteiger partial charge in [-0.2, -0.15) is 0 Å². The van der Waals surface area contributed by atoms with Crippen LogP contribution in [0.5, 0.6) is 0 Å². The number of anilines is 1. The lowest BCUT2D eigenvalue weighted by atomic mass is 9.87. The van der Waals surface area contributed by atoms with Gasteiger partial charge in [0.1, 0.15) is 5.82 Å². The summed E-state index contributed by atoms with van der Waals surface area (Å²) in [6.45, 7) is 6.55. The smallest absolute Gasteiger partial charge is 0.126 e. The molecule has 2 aromatic carbocycles. The average Bonchev–Trinajstić information content (AvgIpc) is 2.26. The van der Waals surface area contributed by atoms with E-state index in [2.05, 4.69) is 45.0 Å². The Morgan fingerprint density at radius 3 is 2.11 bits per heavy atom. The fraction of sp³-hybridized carbons (Fsp3) is 0.250. The summed E-state index contributed by atoms with van der Waals surface area (Å²) in [5.74, 6) is -0.297. The molecule has 0 spiro atoms. The Morgan fingerprint density at radius 1 is 0.947 bits per heavy atom. The van der Waals surface area contributed by atoms with Crippen molar-refractivity contribution in [1.82, 2.24) is 0 Å². The highest BCUT2D eigenvalue weighted by Gasteiger charge is 2.13. The fourth-order valence-corrected chi connectivity index (χ4v) is 2.71. The second-order valence-corrected chi connectivity index (χ2v) is 6.74. The fourth-order valence-electron chi connectivity index (χ4n) is 1.80. The van der Waals surface area contributed by atoms with Crippen LogP contribution in [0.15, 0.2) is 52.3 Å². The molecule has 0 aliphatic carbocycles. The van der Waals surface area contributed by atoms with E-state index in [0.717, 1.165) is 9.79 Å². The highest BCUT2D eigenvalue weighted by atomic mass is 32.2. The molecule has 19 heavy (non-hydrogen) atoms. The molecule has 0 aliphatic rings. The topological polar surface area (TPSA) is 26.0 Å². The van der Waals surface area contributed by atoms with E-state index in [-0.39, 0.29) is 11.2 Å². The van der Waals surface area contributed by atoms with Crippen molar-refractivity contribution >= 4 is 17.4 Å². The second kappa shape index (κ2) is 5.25. The number of benzene rings is 2. The lowest BCUT2D eigenvalue weighted by Gasteiger charge is -2.19. The van der Waals surface area contributed by atoms with E-state index in [9.17, 15) is 4.39 Å². The third kappa shape index (κ3) is 3.74. The molecule has 0 fully saturated rings. The molecule has 0 heterocycles. The normalized spacial score (nSPS) is 11.6. The molecule has 3 heteroatoms. The summed E-state index contributed by atoms with van der Waals surface area (Å²) >= 11 is 1.52. The Balaban J connectivity index is 2.20. The number of hydrogen-bond donors (Lipinski definition) is 1. The maximum Gasteiger partial charge on any atom is 0.126 e. The molecule has 2 rings (SSSR count). The van der Waals surface area contributed by atoms with Gasteiger partial charge in [-0.15, -0.1) is 0 Å². The van der Waals surface area contributed by atoms with E-state index in [0.29, 0.717) is 5.69 Å². The average molecular weight is 275 g/mol. The van der Waals surface area contributed by atoms with Gasteiger partial charge in [0, 0.05) is 15.5 Å². The molecule has 0 unspecified atom stereocenters. The van der Waals surface area contributed by atoms with Crippen molar-refractivity contribution in [3.05, 3.63) is 53.8 Å². The maximum atomic E-state index is 13.3. The van der Waals surface area contributed by atoms with Crippen molar-refractivity contribution in [3.63, 3.8) is 0 Å². The van der Waals surface area contributed by atoms with E-state index in [1.165, 1.54) is 29.5 Å². The minimum Gasteiger partial charge on any atom is -0.399 e. The van der Waals surface area contributed by atoms with Crippen molar-refractivity contribution in [3.8, 4) is 0 Å². The predicted molar refractivity (Wildman–Crippen MR) is 80.1 cm³/mol. The summed E-state index contributed by atoms with van der Waals surface area (Å²) < 4.78 is 13.3. The van der Waals surface area contributed by atoms with Gasteiger partial charge >= 0.3 is 0 Å². The molecule has 2 N–H and O–H groups in total. The first kappa shape index (κ1) is 13.9. The molecule has 100 valence electrons. The number of halogens is 1. The van der Waals surface area contributed by atoms with Gasteiger partial charge in [-0.3, -0.25) is 0 Å². The van der Waals surface area contributed by atoms with E-state index < -0.39 is 0 Å². The summed E-state index contributed by atoms with van der Waals surface area (Å²) in [5.41, 5.74) is 7.53. The van der Waals surface area contributed by atoms with Gasteiger partial charge in [-0.05, 0) is 41.3 Å². The highest BCUT2D eigenvalue weighted by Crippen LogP contribution is 2.31. The Kier molecular flexibility index (Phi) is 3.85. The summed E-state index contributed by atoms with van der Waals surface area (Å²) in [7, 11) is 0. The Bertz CT molecular complexity index is 550. The molecular weight excluding hydrogens is 257 g/mol. The van der Waals surface area contributed by atoms with E-state index in [1.807, 2.05) is 0 Å². The van der Waals surface area contributed by atoms with Gasteiger partial charge in [0.2, 0.25) is 0 Å². The van der Waals surface area contributed by atoms with E-state index >= 15 is 0 Å². The maximum absolute atomic E-state index is 13.3. The molecule has 0 atom stereocenters. The Hall–Kier alpha value is -1.48. The van der Waals surface area contributed by atoms with Crippen molar-refractivity contribution in [2.24, 2.45) is 0 Å². The van der Waals surface area contributed by atoms with Crippen LogP contribution in [0, 0.1) is 5.82 Å². The standard InChI is InChI=1S/C16H18FNS/c1-16(2,3)11-4-6-14(7-5-11)19-15-9-12(17)8-13(18)10-15/h4-10H,18H2,1-3H3. The van der Waals surface area contributed by atoms with Gasteiger partial charge in [-0.25, -0.2) is 4.39 Å². The van der Waals surface area contributed by atoms with Crippen LogP contribution in [0.25, 0.3) is 0 Å². The number of hydrogen-bond acceptors (Lipinski definition) is 2. The van der Waals surface area contributed by atoms with E-state index in [1.54, 1.807) is 6.07 Å². The zero-order valence-electron chi connectivity index (χ0n) is 11.4. The molecule has 0 bridgehead atoms. The van der Waals surface area contributed by atoms with Gasteiger partial charge in [0.05, 0.1) is 0 Å². The molecular formula is C16H18FNS. The van der Waals surface area contributed by atoms with Crippen LogP contribution in [0.3, 0.4) is 0 Å². The van der Waals surface area contributed by atoms with Crippen LogP contribution < -0.4 is 5.73 Å². The first-order valence-corrected chi connectivity index (χ1v) is 7.01. The minimum atomic E-state index is -0.297. The van der Waals surface area contributed by atoms with E-state index in [4.69, 9.17) is 5.73 Å². The molecule has 0 aliphatic heterocycles. The summed E-state index contributed by atoms with van der Waals surface area (Å²) in [6.07, 6.45) is 0. The SMILES string of the molecule is CC(C)(C)c1ccc(Sc2cc(N)cc(F)c2)cc1. The van der Waals surface area contributed by atoms with Crippen LogP contribution in [0.1, 0.15) is 26.3 Å². The lowest BCUT2D eigenvalue weighted by molar-refractivity contribution is 0.590. The summed E-state index contributed by atoms with van der Waals surface area (Å²) in [5, 5.41) is 0. The summed E-state index contributed by atoms with van der Waals surface area (Å²) in [4.78, 5) is 1.90. The molecule has 2 aromatic rings. The molecule has 0 aromatic heterocycles. The molecule has 0 radical (unpaired) electrons. The van der Waals surface area contributed by atoms with Crippen LogP contribution in [0.4, 0.5) is 10.1 Å². The molecule has 0 amide bonds.